The van der Waals surface area contributed by atoms with Gasteiger partial charge in [-0.1, -0.05) is 19.8 Å². The van der Waals surface area contributed by atoms with Crippen LogP contribution in [-0.4, -0.2) is 60.1 Å². The van der Waals surface area contributed by atoms with Gasteiger partial charge in [0.2, 0.25) is 5.91 Å². The molecular formula is C15H28N2O2. The minimum Gasteiger partial charge on any atom is -0.395 e. The van der Waals surface area contributed by atoms with Crippen molar-refractivity contribution < 1.29 is 9.90 Å². The molecular weight excluding hydrogens is 240 g/mol. The Morgan fingerprint density at radius 1 is 1.11 bits per heavy atom. The fourth-order valence-corrected chi connectivity index (χ4v) is 3.64. The molecule has 4 heteroatoms. The van der Waals surface area contributed by atoms with Crippen molar-refractivity contribution in [2.75, 3.05) is 39.3 Å². The van der Waals surface area contributed by atoms with Crippen LogP contribution < -0.4 is 0 Å². The average Bonchev–Trinajstić information content (AvgIpc) is 2.80. The van der Waals surface area contributed by atoms with Crippen LogP contribution in [0.2, 0.25) is 0 Å². The summed E-state index contributed by atoms with van der Waals surface area (Å²) in [5, 5.41) is 9.01. The molecule has 1 amide bonds. The van der Waals surface area contributed by atoms with E-state index in [4.69, 9.17) is 5.11 Å². The van der Waals surface area contributed by atoms with Crippen LogP contribution in [0.15, 0.2) is 0 Å². The van der Waals surface area contributed by atoms with E-state index in [1.165, 1.54) is 12.8 Å². The maximum Gasteiger partial charge on any atom is 0.228 e. The largest absolute Gasteiger partial charge is 0.395 e. The van der Waals surface area contributed by atoms with Crippen LogP contribution in [0, 0.1) is 5.41 Å². The third-order valence-electron chi connectivity index (χ3n) is 4.98. The van der Waals surface area contributed by atoms with Gasteiger partial charge in [-0.2, -0.15) is 0 Å². The van der Waals surface area contributed by atoms with Gasteiger partial charge in [0.15, 0.2) is 0 Å². The molecule has 1 aliphatic carbocycles. The standard InChI is InChI=1S/C15H28N2O2/c1-2-15(6-3-4-7-15)14(19)17-9-5-8-16(10-11-17)12-13-18/h18H,2-13H2,1H3. The minimum atomic E-state index is -0.0495. The minimum absolute atomic E-state index is 0.0495. The van der Waals surface area contributed by atoms with Gasteiger partial charge in [0.1, 0.15) is 0 Å². The molecule has 19 heavy (non-hydrogen) atoms. The zero-order valence-corrected chi connectivity index (χ0v) is 12.2. The summed E-state index contributed by atoms with van der Waals surface area (Å²) in [6, 6.07) is 0. The Balaban J connectivity index is 1.95. The first-order valence-electron chi connectivity index (χ1n) is 7.84. The van der Waals surface area contributed by atoms with Gasteiger partial charge in [0, 0.05) is 31.6 Å². The Hall–Kier alpha value is -0.610. The maximum atomic E-state index is 12.8. The number of hydrogen-bond donors (Lipinski definition) is 1. The summed E-state index contributed by atoms with van der Waals surface area (Å²) in [5.74, 6) is 0.401. The summed E-state index contributed by atoms with van der Waals surface area (Å²) in [7, 11) is 0. The van der Waals surface area contributed by atoms with E-state index in [9.17, 15) is 4.79 Å². The molecule has 2 fully saturated rings. The van der Waals surface area contributed by atoms with Gasteiger partial charge in [0.05, 0.1) is 6.61 Å². The Kier molecular flexibility index (Phi) is 5.22. The van der Waals surface area contributed by atoms with E-state index in [-0.39, 0.29) is 12.0 Å². The molecule has 1 saturated carbocycles. The predicted octanol–water partition coefficient (Wildman–Crippen LogP) is 1.48. The van der Waals surface area contributed by atoms with E-state index in [1.807, 2.05) is 0 Å². The number of rotatable bonds is 4. The van der Waals surface area contributed by atoms with Crippen LogP contribution in [-0.2, 0) is 4.79 Å². The molecule has 110 valence electrons. The Morgan fingerprint density at radius 2 is 1.84 bits per heavy atom. The SMILES string of the molecule is CCC1(C(=O)N2CCCN(CCO)CC2)CCCC1. The van der Waals surface area contributed by atoms with Crippen LogP contribution in [0.3, 0.4) is 0 Å². The smallest absolute Gasteiger partial charge is 0.228 e. The summed E-state index contributed by atoms with van der Waals surface area (Å²) in [5.41, 5.74) is -0.0495. The van der Waals surface area contributed by atoms with E-state index in [2.05, 4.69) is 16.7 Å². The van der Waals surface area contributed by atoms with Crippen molar-refractivity contribution in [3.63, 3.8) is 0 Å². The third-order valence-corrected chi connectivity index (χ3v) is 4.98. The first kappa shape index (κ1) is 14.8. The second-order valence-corrected chi connectivity index (χ2v) is 6.05. The molecule has 1 aliphatic heterocycles. The highest BCUT2D eigenvalue weighted by Crippen LogP contribution is 2.42. The van der Waals surface area contributed by atoms with Crippen molar-refractivity contribution in [3.8, 4) is 0 Å². The van der Waals surface area contributed by atoms with Crippen molar-refractivity contribution in [3.05, 3.63) is 0 Å². The highest BCUT2D eigenvalue weighted by atomic mass is 16.3. The maximum absolute atomic E-state index is 12.8. The molecule has 0 unspecified atom stereocenters. The molecule has 0 aromatic heterocycles. The molecule has 1 heterocycles. The van der Waals surface area contributed by atoms with E-state index in [0.717, 1.165) is 58.4 Å². The van der Waals surface area contributed by atoms with Crippen LogP contribution in [0.1, 0.15) is 45.4 Å². The van der Waals surface area contributed by atoms with Crippen LogP contribution >= 0.6 is 0 Å². The lowest BCUT2D eigenvalue weighted by molar-refractivity contribution is -0.142. The highest BCUT2D eigenvalue weighted by Gasteiger charge is 2.41. The normalized spacial score (nSPS) is 24.4. The van der Waals surface area contributed by atoms with Crippen molar-refractivity contribution in [2.45, 2.75) is 45.4 Å². The van der Waals surface area contributed by atoms with Crippen LogP contribution in [0.25, 0.3) is 0 Å². The fraction of sp³-hybridized carbons (Fsp3) is 0.933. The highest BCUT2D eigenvalue weighted by molar-refractivity contribution is 5.83. The van der Waals surface area contributed by atoms with Crippen molar-refractivity contribution in [1.29, 1.82) is 0 Å². The molecule has 2 aliphatic rings. The van der Waals surface area contributed by atoms with Crippen molar-refractivity contribution >= 4 is 5.91 Å². The summed E-state index contributed by atoms with van der Waals surface area (Å²) in [6.45, 7) is 6.76. The number of aliphatic hydroxyl groups is 1. The van der Waals surface area contributed by atoms with Gasteiger partial charge >= 0.3 is 0 Å². The van der Waals surface area contributed by atoms with Crippen molar-refractivity contribution in [2.24, 2.45) is 5.41 Å². The topological polar surface area (TPSA) is 43.8 Å². The fourth-order valence-electron chi connectivity index (χ4n) is 3.64. The Labute approximate surface area is 116 Å². The van der Waals surface area contributed by atoms with Crippen LogP contribution in [0.5, 0.6) is 0 Å². The zero-order chi connectivity index (χ0) is 13.7. The van der Waals surface area contributed by atoms with Gasteiger partial charge in [-0.3, -0.25) is 9.69 Å². The number of nitrogens with zero attached hydrogens (tertiary/aromatic N) is 2. The second kappa shape index (κ2) is 6.71. The lowest BCUT2D eigenvalue weighted by atomic mass is 9.82. The molecule has 1 N–H and O–H groups in total. The molecule has 2 rings (SSSR count). The Morgan fingerprint density at radius 3 is 2.47 bits per heavy atom. The predicted molar refractivity (Wildman–Crippen MR) is 75.9 cm³/mol. The lowest BCUT2D eigenvalue weighted by Crippen LogP contribution is -2.44. The molecule has 0 aromatic carbocycles. The third kappa shape index (κ3) is 3.29. The summed E-state index contributed by atoms with van der Waals surface area (Å²) < 4.78 is 0. The summed E-state index contributed by atoms with van der Waals surface area (Å²) in [4.78, 5) is 17.2. The lowest BCUT2D eigenvalue weighted by Gasteiger charge is -2.33. The monoisotopic (exact) mass is 268 g/mol. The second-order valence-electron chi connectivity index (χ2n) is 6.05. The van der Waals surface area contributed by atoms with E-state index < -0.39 is 0 Å². The van der Waals surface area contributed by atoms with Crippen LogP contribution in [0.4, 0.5) is 0 Å². The van der Waals surface area contributed by atoms with Crippen molar-refractivity contribution in [1.82, 2.24) is 9.80 Å². The molecule has 0 aromatic rings. The molecule has 0 bridgehead atoms. The number of β-amino-alcohol motifs (C(OH)–C–C–N with tert-alkyl or cyclic N) is 1. The van der Waals surface area contributed by atoms with E-state index in [0.29, 0.717) is 5.91 Å². The molecule has 4 nitrogen and oxygen atoms in total. The van der Waals surface area contributed by atoms with E-state index >= 15 is 0 Å². The number of carbonyl (C=O) groups is 1. The molecule has 0 radical (unpaired) electrons. The van der Waals surface area contributed by atoms with Gasteiger partial charge in [-0.05, 0) is 32.2 Å². The number of carbonyl (C=O) groups excluding carboxylic acids is 1. The Bertz CT molecular complexity index is 301. The van der Waals surface area contributed by atoms with Gasteiger partial charge in [-0.15, -0.1) is 0 Å². The van der Waals surface area contributed by atoms with Gasteiger partial charge in [0.25, 0.3) is 0 Å². The number of amides is 1. The zero-order valence-electron chi connectivity index (χ0n) is 12.2. The molecule has 0 spiro atoms. The molecule has 0 atom stereocenters. The van der Waals surface area contributed by atoms with Gasteiger partial charge in [-0.25, -0.2) is 0 Å². The van der Waals surface area contributed by atoms with Gasteiger partial charge < -0.3 is 10.0 Å². The quantitative estimate of drug-likeness (QED) is 0.840. The average molecular weight is 268 g/mol. The number of hydrogen-bond acceptors (Lipinski definition) is 3. The first-order valence-corrected chi connectivity index (χ1v) is 7.84. The molecule has 1 saturated heterocycles. The van der Waals surface area contributed by atoms with E-state index in [1.54, 1.807) is 0 Å². The number of aliphatic hydroxyl groups excluding tert-OH is 1. The summed E-state index contributed by atoms with van der Waals surface area (Å²) >= 11 is 0. The first-order chi connectivity index (χ1) is 9.22. The summed E-state index contributed by atoms with van der Waals surface area (Å²) in [6.07, 6.45) is 6.61.